The van der Waals surface area contributed by atoms with E-state index < -0.39 is 23.9 Å². The number of hydrogen-bond donors (Lipinski definition) is 1. The predicted molar refractivity (Wildman–Crippen MR) is 113 cm³/mol. The van der Waals surface area contributed by atoms with Gasteiger partial charge in [-0.15, -0.1) is 13.2 Å². The zero-order valence-electron chi connectivity index (χ0n) is 17.8. The predicted octanol–water partition coefficient (Wildman–Crippen LogP) is 5.89. The maximum atomic E-state index is 13.4. The van der Waals surface area contributed by atoms with Crippen LogP contribution < -0.4 is 10.1 Å². The van der Waals surface area contributed by atoms with Crippen molar-refractivity contribution >= 4 is 22.5 Å². The second kappa shape index (κ2) is 9.33. The van der Waals surface area contributed by atoms with Gasteiger partial charge in [-0.2, -0.15) is 13.2 Å². The van der Waals surface area contributed by atoms with Crippen LogP contribution in [-0.2, 0) is 17.5 Å². The zero-order valence-corrected chi connectivity index (χ0v) is 17.8. The highest BCUT2D eigenvalue weighted by Gasteiger charge is 2.35. The molecule has 1 aromatic carbocycles. The number of fused-ring (bicyclic) bond motifs is 1. The van der Waals surface area contributed by atoms with Gasteiger partial charge in [0.2, 0.25) is 0 Å². The van der Waals surface area contributed by atoms with E-state index in [-0.39, 0.29) is 35.3 Å². The summed E-state index contributed by atoms with van der Waals surface area (Å²) in [5.41, 5.74) is -0.910. The normalized spacial score (nSPS) is 12.1. The van der Waals surface area contributed by atoms with E-state index >= 15 is 0 Å². The Kier molecular flexibility index (Phi) is 6.43. The van der Waals surface area contributed by atoms with Crippen molar-refractivity contribution in [2.24, 2.45) is 0 Å². The molecule has 4 rings (SSSR count). The van der Waals surface area contributed by atoms with Gasteiger partial charge in [0.1, 0.15) is 23.9 Å². The Morgan fingerprint density at radius 2 is 1.63 bits per heavy atom. The molecule has 35 heavy (non-hydrogen) atoms. The average Bonchev–Trinajstić information content (AvgIpc) is 2.79. The highest BCUT2D eigenvalue weighted by molar-refractivity contribution is 5.90. The third-order valence-electron chi connectivity index (χ3n) is 4.59. The van der Waals surface area contributed by atoms with Gasteiger partial charge in [0.15, 0.2) is 11.5 Å². The van der Waals surface area contributed by atoms with E-state index in [0.29, 0.717) is 11.1 Å². The standard InChI is InChI=1S/C22H15F6N5O2/c1-34-11-17-32-19(30-12-4-6-13(7-5-12)35-22(26,27)28)14-8-9-16(31-20(14)33-17)18-15(21(23,24)25)3-2-10-29-18/h2-10H,11H2,1H3,(H,30,31,32,33). The third kappa shape index (κ3) is 5.74. The molecule has 0 radical (unpaired) electrons. The summed E-state index contributed by atoms with van der Waals surface area (Å²) < 4.78 is 86.4. The Morgan fingerprint density at radius 1 is 0.886 bits per heavy atom. The topological polar surface area (TPSA) is 82.0 Å². The van der Waals surface area contributed by atoms with Gasteiger partial charge in [0.05, 0.1) is 16.6 Å². The summed E-state index contributed by atoms with van der Waals surface area (Å²) in [5.74, 6) is 0.00158. The molecular weight excluding hydrogens is 480 g/mol. The first-order valence-electron chi connectivity index (χ1n) is 9.85. The number of hydrogen-bond acceptors (Lipinski definition) is 7. The van der Waals surface area contributed by atoms with Crippen molar-refractivity contribution in [3.05, 3.63) is 66.1 Å². The lowest BCUT2D eigenvalue weighted by Gasteiger charge is -2.14. The second-order valence-electron chi connectivity index (χ2n) is 7.08. The van der Waals surface area contributed by atoms with E-state index in [2.05, 4.69) is 30.0 Å². The van der Waals surface area contributed by atoms with Crippen LogP contribution in [0.1, 0.15) is 11.4 Å². The molecule has 182 valence electrons. The summed E-state index contributed by atoms with van der Waals surface area (Å²) >= 11 is 0. The summed E-state index contributed by atoms with van der Waals surface area (Å²) in [7, 11) is 1.41. The highest BCUT2D eigenvalue weighted by atomic mass is 19.4. The summed E-state index contributed by atoms with van der Waals surface area (Å²) in [4.78, 5) is 16.7. The Morgan fingerprint density at radius 3 is 2.29 bits per heavy atom. The number of nitrogens with one attached hydrogen (secondary N) is 1. The largest absolute Gasteiger partial charge is 0.573 e. The molecule has 4 aromatic rings. The fourth-order valence-electron chi connectivity index (χ4n) is 3.19. The molecule has 0 unspecified atom stereocenters. The second-order valence-corrected chi connectivity index (χ2v) is 7.08. The Bertz CT molecular complexity index is 1340. The van der Waals surface area contributed by atoms with Crippen molar-refractivity contribution in [1.29, 1.82) is 0 Å². The molecular formula is C22H15F6N5O2. The van der Waals surface area contributed by atoms with Gasteiger partial charge in [-0.3, -0.25) is 4.98 Å². The van der Waals surface area contributed by atoms with Gasteiger partial charge in [-0.1, -0.05) is 0 Å². The molecule has 0 amide bonds. The Labute approximate surface area is 193 Å². The van der Waals surface area contributed by atoms with E-state index in [1.54, 1.807) is 0 Å². The van der Waals surface area contributed by atoms with Gasteiger partial charge < -0.3 is 14.8 Å². The minimum atomic E-state index is -4.82. The smallest absolute Gasteiger partial charge is 0.406 e. The zero-order chi connectivity index (χ0) is 25.2. The summed E-state index contributed by atoms with van der Waals surface area (Å²) in [5, 5.41) is 3.31. The molecule has 0 aliphatic rings. The van der Waals surface area contributed by atoms with Crippen LogP contribution in [-0.4, -0.2) is 33.4 Å². The lowest BCUT2D eigenvalue weighted by atomic mass is 10.1. The molecule has 13 heteroatoms. The number of aromatic nitrogens is 4. The van der Waals surface area contributed by atoms with Crippen molar-refractivity contribution in [1.82, 2.24) is 19.9 Å². The monoisotopic (exact) mass is 495 g/mol. The van der Waals surface area contributed by atoms with Gasteiger partial charge in [-0.25, -0.2) is 15.0 Å². The van der Waals surface area contributed by atoms with E-state index in [1.165, 1.54) is 43.6 Å². The molecule has 0 saturated carbocycles. The number of ether oxygens (including phenoxy) is 2. The molecule has 0 spiro atoms. The van der Waals surface area contributed by atoms with Gasteiger partial charge in [0.25, 0.3) is 0 Å². The molecule has 0 saturated heterocycles. The van der Waals surface area contributed by atoms with Crippen molar-refractivity contribution in [3.8, 4) is 17.1 Å². The molecule has 3 heterocycles. The fraction of sp³-hybridized carbons (Fsp3) is 0.182. The van der Waals surface area contributed by atoms with Crippen molar-refractivity contribution in [2.45, 2.75) is 19.1 Å². The van der Waals surface area contributed by atoms with Crippen molar-refractivity contribution in [3.63, 3.8) is 0 Å². The first-order chi connectivity index (χ1) is 16.5. The van der Waals surface area contributed by atoms with Crippen LogP contribution in [0.25, 0.3) is 22.4 Å². The number of rotatable bonds is 6. The average molecular weight is 495 g/mol. The molecule has 3 aromatic heterocycles. The molecule has 0 atom stereocenters. The Hall–Kier alpha value is -4.00. The van der Waals surface area contributed by atoms with Crippen LogP contribution in [0.3, 0.4) is 0 Å². The number of alkyl halides is 6. The number of anilines is 2. The molecule has 7 nitrogen and oxygen atoms in total. The van der Waals surface area contributed by atoms with Crippen molar-refractivity contribution < 1.29 is 35.8 Å². The van der Waals surface area contributed by atoms with Crippen LogP contribution in [0.2, 0.25) is 0 Å². The van der Waals surface area contributed by atoms with Crippen LogP contribution in [0.5, 0.6) is 5.75 Å². The Balaban J connectivity index is 1.74. The van der Waals surface area contributed by atoms with Crippen LogP contribution in [0, 0.1) is 0 Å². The summed E-state index contributed by atoms with van der Waals surface area (Å²) in [6.07, 6.45) is -8.23. The van der Waals surface area contributed by atoms with Crippen LogP contribution in [0.15, 0.2) is 54.7 Å². The number of halogens is 6. The first kappa shape index (κ1) is 24.1. The van der Waals surface area contributed by atoms with Crippen molar-refractivity contribution in [2.75, 3.05) is 12.4 Å². The lowest BCUT2D eigenvalue weighted by Crippen LogP contribution is -2.17. The fourth-order valence-corrected chi connectivity index (χ4v) is 3.19. The number of methoxy groups -OCH3 is 1. The number of nitrogens with zero attached hydrogens (tertiary/aromatic N) is 4. The van der Waals surface area contributed by atoms with E-state index in [4.69, 9.17) is 4.74 Å². The number of pyridine rings is 2. The summed E-state index contributed by atoms with van der Waals surface area (Å²) in [6, 6.07) is 9.84. The first-order valence-corrected chi connectivity index (χ1v) is 9.85. The maximum Gasteiger partial charge on any atom is 0.573 e. The quantitative estimate of drug-likeness (QED) is 0.334. The highest BCUT2D eigenvalue weighted by Crippen LogP contribution is 2.36. The van der Waals surface area contributed by atoms with Crippen LogP contribution in [0.4, 0.5) is 37.8 Å². The van der Waals surface area contributed by atoms with E-state index in [9.17, 15) is 26.3 Å². The lowest BCUT2D eigenvalue weighted by molar-refractivity contribution is -0.274. The van der Waals surface area contributed by atoms with Gasteiger partial charge in [-0.05, 0) is 48.5 Å². The maximum absolute atomic E-state index is 13.4. The molecule has 0 fully saturated rings. The molecule has 1 N–H and O–H groups in total. The van der Waals surface area contributed by atoms with Gasteiger partial charge >= 0.3 is 12.5 Å². The molecule has 0 bridgehead atoms. The summed E-state index contributed by atoms with van der Waals surface area (Å²) in [6.45, 7) is -0.0216. The van der Waals surface area contributed by atoms with E-state index in [1.807, 2.05) is 0 Å². The molecule has 0 aliphatic carbocycles. The molecule has 0 aliphatic heterocycles. The number of benzene rings is 1. The third-order valence-corrected chi connectivity index (χ3v) is 4.59. The van der Waals surface area contributed by atoms with E-state index in [0.717, 1.165) is 18.2 Å². The van der Waals surface area contributed by atoms with Gasteiger partial charge in [0, 0.05) is 19.0 Å². The minimum Gasteiger partial charge on any atom is -0.406 e. The van der Waals surface area contributed by atoms with Crippen LogP contribution >= 0.6 is 0 Å². The SMILES string of the molecule is COCc1nc(Nc2ccc(OC(F)(F)F)cc2)c2ccc(-c3ncccc3C(F)(F)F)nc2n1. The minimum absolute atomic E-state index is 0.0216.